The summed E-state index contributed by atoms with van der Waals surface area (Å²) in [6.07, 6.45) is 1.99. The van der Waals surface area contributed by atoms with Crippen LogP contribution in [0.3, 0.4) is 0 Å². The summed E-state index contributed by atoms with van der Waals surface area (Å²) >= 11 is 1.86. The molecule has 0 aliphatic carbocycles. The Kier molecular flexibility index (Phi) is 6.54. The first-order chi connectivity index (χ1) is 14.7. The summed E-state index contributed by atoms with van der Waals surface area (Å²) in [7, 11) is 2.07. The predicted molar refractivity (Wildman–Crippen MR) is 127 cm³/mol. The van der Waals surface area contributed by atoms with Gasteiger partial charge in [0, 0.05) is 55.2 Å². The zero-order valence-corrected chi connectivity index (χ0v) is 18.1. The number of benzene rings is 2. The number of fused-ring (bicyclic) bond motifs is 1. The Balaban J connectivity index is 1.19. The summed E-state index contributed by atoms with van der Waals surface area (Å²) in [5.74, 6) is 0. The SMILES string of the molecule is CN(CCCNC(=O)Nc1ccc(N2CCc3sccc3C2)cc1)c1ccccc1. The van der Waals surface area contributed by atoms with Gasteiger partial charge in [-0.25, -0.2) is 4.79 Å². The molecule has 156 valence electrons. The molecule has 2 aromatic carbocycles. The van der Waals surface area contributed by atoms with Crippen molar-refractivity contribution in [3.63, 3.8) is 0 Å². The minimum Gasteiger partial charge on any atom is -0.375 e. The molecule has 2 heterocycles. The highest BCUT2D eigenvalue weighted by molar-refractivity contribution is 7.10. The fraction of sp³-hybridized carbons (Fsp3) is 0.292. The number of hydrogen-bond acceptors (Lipinski definition) is 4. The number of nitrogens with zero attached hydrogens (tertiary/aromatic N) is 2. The van der Waals surface area contributed by atoms with Crippen molar-refractivity contribution in [3.8, 4) is 0 Å². The lowest BCUT2D eigenvalue weighted by atomic mass is 10.1. The number of para-hydroxylation sites is 1. The maximum Gasteiger partial charge on any atom is 0.319 e. The second kappa shape index (κ2) is 9.67. The van der Waals surface area contributed by atoms with Crippen LogP contribution >= 0.6 is 11.3 Å². The van der Waals surface area contributed by atoms with E-state index in [1.807, 2.05) is 41.7 Å². The van der Waals surface area contributed by atoms with Crippen molar-refractivity contribution in [2.75, 3.05) is 41.8 Å². The summed E-state index contributed by atoms with van der Waals surface area (Å²) in [5.41, 5.74) is 4.63. The summed E-state index contributed by atoms with van der Waals surface area (Å²) in [6, 6.07) is 20.4. The number of rotatable bonds is 7. The van der Waals surface area contributed by atoms with E-state index in [0.717, 1.165) is 38.2 Å². The summed E-state index contributed by atoms with van der Waals surface area (Å²) < 4.78 is 0. The van der Waals surface area contributed by atoms with Crippen LogP contribution in [0.15, 0.2) is 66.0 Å². The highest BCUT2D eigenvalue weighted by Gasteiger charge is 2.17. The van der Waals surface area contributed by atoms with E-state index < -0.39 is 0 Å². The molecule has 0 saturated carbocycles. The Hall–Kier alpha value is -2.99. The Morgan fingerprint density at radius 2 is 1.90 bits per heavy atom. The van der Waals surface area contributed by atoms with Gasteiger partial charge in [-0.05, 0) is 66.2 Å². The maximum absolute atomic E-state index is 12.2. The van der Waals surface area contributed by atoms with Gasteiger partial charge in [0.1, 0.15) is 0 Å². The minimum absolute atomic E-state index is 0.161. The lowest BCUT2D eigenvalue weighted by molar-refractivity contribution is 0.252. The zero-order chi connectivity index (χ0) is 20.8. The van der Waals surface area contributed by atoms with E-state index in [0.29, 0.717) is 6.54 Å². The number of amides is 2. The molecule has 0 unspecified atom stereocenters. The molecule has 5 nitrogen and oxygen atoms in total. The van der Waals surface area contributed by atoms with E-state index in [-0.39, 0.29) is 6.03 Å². The van der Waals surface area contributed by atoms with Gasteiger partial charge in [0.25, 0.3) is 0 Å². The van der Waals surface area contributed by atoms with Crippen LogP contribution in [-0.4, -0.2) is 32.7 Å². The fourth-order valence-corrected chi connectivity index (χ4v) is 4.62. The highest BCUT2D eigenvalue weighted by Crippen LogP contribution is 2.28. The summed E-state index contributed by atoms with van der Waals surface area (Å²) in [4.78, 5) is 18.3. The molecule has 0 atom stereocenters. The van der Waals surface area contributed by atoms with E-state index in [4.69, 9.17) is 0 Å². The summed E-state index contributed by atoms with van der Waals surface area (Å²) in [6.45, 7) is 3.53. The normalized spacial score (nSPS) is 12.9. The number of carbonyl (C=O) groups excluding carboxylic acids is 1. The Morgan fingerprint density at radius 1 is 1.10 bits per heavy atom. The first kappa shape index (κ1) is 20.3. The zero-order valence-electron chi connectivity index (χ0n) is 17.3. The molecule has 3 aromatic rings. The van der Waals surface area contributed by atoms with Crippen molar-refractivity contribution in [1.82, 2.24) is 5.32 Å². The first-order valence-electron chi connectivity index (χ1n) is 10.4. The minimum atomic E-state index is -0.161. The van der Waals surface area contributed by atoms with Crippen LogP contribution in [0.4, 0.5) is 21.9 Å². The molecular weight excluding hydrogens is 392 g/mol. The van der Waals surface area contributed by atoms with Gasteiger partial charge in [-0.1, -0.05) is 18.2 Å². The van der Waals surface area contributed by atoms with Crippen molar-refractivity contribution in [2.45, 2.75) is 19.4 Å². The van der Waals surface area contributed by atoms with Crippen LogP contribution in [0.5, 0.6) is 0 Å². The lowest BCUT2D eigenvalue weighted by Gasteiger charge is -2.29. The Labute approximate surface area is 182 Å². The number of thiophene rings is 1. The average Bonchev–Trinajstić information content (AvgIpc) is 3.25. The lowest BCUT2D eigenvalue weighted by Crippen LogP contribution is -2.31. The topological polar surface area (TPSA) is 47.6 Å². The molecule has 1 aliphatic heterocycles. The van der Waals surface area contributed by atoms with Crippen LogP contribution in [0.1, 0.15) is 16.9 Å². The van der Waals surface area contributed by atoms with Crippen molar-refractivity contribution >= 4 is 34.4 Å². The number of nitrogens with one attached hydrogen (secondary N) is 2. The molecular formula is C24H28N4OS. The molecule has 2 N–H and O–H groups in total. The van der Waals surface area contributed by atoms with E-state index in [1.165, 1.54) is 21.8 Å². The quantitative estimate of drug-likeness (QED) is 0.531. The fourth-order valence-electron chi connectivity index (χ4n) is 3.73. The third-order valence-electron chi connectivity index (χ3n) is 5.45. The van der Waals surface area contributed by atoms with Crippen LogP contribution in [0.25, 0.3) is 0 Å². The van der Waals surface area contributed by atoms with Crippen LogP contribution < -0.4 is 20.4 Å². The second-order valence-electron chi connectivity index (χ2n) is 7.58. The number of hydrogen-bond donors (Lipinski definition) is 2. The molecule has 1 aromatic heterocycles. The van der Waals surface area contributed by atoms with E-state index in [2.05, 4.69) is 63.2 Å². The molecule has 0 radical (unpaired) electrons. The molecule has 0 saturated heterocycles. The van der Waals surface area contributed by atoms with Crippen molar-refractivity contribution in [1.29, 1.82) is 0 Å². The highest BCUT2D eigenvalue weighted by atomic mass is 32.1. The largest absolute Gasteiger partial charge is 0.375 e. The van der Waals surface area contributed by atoms with Gasteiger partial charge in [0.15, 0.2) is 0 Å². The van der Waals surface area contributed by atoms with Gasteiger partial charge in [-0.15, -0.1) is 11.3 Å². The molecule has 0 fully saturated rings. The standard InChI is InChI=1S/C24H28N4OS/c1-27(21-6-3-2-4-7-21)15-5-14-25-24(29)26-20-8-10-22(11-9-20)28-16-12-23-19(18-28)13-17-30-23/h2-4,6-11,13,17H,5,12,14-16,18H2,1H3,(H2,25,26,29). The third kappa shape index (κ3) is 5.13. The van der Waals surface area contributed by atoms with E-state index >= 15 is 0 Å². The van der Waals surface area contributed by atoms with Gasteiger partial charge in [0.05, 0.1) is 0 Å². The molecule has 1 aliphatic rings. The molecule has 30 heavy (non-hydrogen) atoms. The van der Waals surface area contributed by atoms with Gasteiger partial charge in [-0.3, -0.25) is 0 Å². The number of urea groups is 1. The molecule has 2 amide bonds. The molecule has 6 heteroatoms. The van der Waals surface area contributed by atoms with Crippen LogP contribution in [-0.2, 0) is 13.0 Å². The van der Waals surface area contributed by atoms with Crippen molar-refractivity contribution < 1.29 is 4.79 Å². The van der Waals surface area contributed by atoms with Gasteiger partial charge in [-0.2, -0.15) is 0 Å². The maximum atomic E-state index is 12.2. The van der Waals surface area contributed by atoms with E-state index in [1.54, 1.807) is 0 Å². The number of anilines is 3. The second-order valence-corrected chi connectivity index (χ2v) is 8.58. The van der Waals surface area contributed by atoms with Gasteiger partial charge >= 0.3 is 6.03 Å². The monoisotopic (exact) mass is 420 g/mol. The Bertz CT molecular complexity index is 955. The Morgan fingerprint density at radius 3 is 2.70 bits per heavy atom. The smallest absolute Gasteiger partial charge is 0.319 e. The average molecular weight is 421 g/mol. The first-order valence-corrected chi connectivity index (χ1v) is 11.3. The van der Waals surface area contributed by atoms with Crippen LogP contribution in [0.2, 0.25) is 0 Å². The third-order valence-corrected chi connectivity index (χ3v) is 6.47. The molecule has 0 bridgehead atoms. The molecule has 0 spiro atoms. The molecule has 4 rings (SSSR count). The van der Waals surface area contributed by atoms with Crippen molar-refractivity contribution in [2.24, 2.45) is 0 Å². The summed E-state index contributed by atoms with van der Waals surface area (Å²) in [5, 5.41) is 8.04. The van der Waals surface area contributed by atoms with E-state index in [9.17, 15) is 4.79 Å². The van der Waals surface area contributed by atoms with Gasteiger partial charge < -0.3 is 20.4 Å². The predicted octanol–water partition coefficient (Wildman–Crippen LogP) is 4.96. The van der Waals surface area contributed by atoms with Gasteiger partial charge in [0.2, 0.25) is 0 Å². The number of carbonyl (C=O) groups is 1. The van der Waals surface area contributed by atoms with Crippen molar-refractivity contribution in [3.05, 3.63) is 76.5 Å². The van der Waals surface area contributed by atoms with Crippen LogP contribution in [0, 0.1) is 0 Å².